The standard InChI is InChI=1S/C14H17ClO4/c1-8-7-9(18-2)12(19-3)11(15)10(8)14(13(16)17)5-4-6-14/h7H,4-6H2,1-3H3,(H,16,17). The van der Waals surface area contributed by atoms with Gasteiger partial charge in [0.1, 0.15) is 0 Å². The lowest BCUT2D eigenvalue weighted by Gasteiger charge is -2.40. The van der Waals surface area contributed by atoms with Crippen molar-refractivity contribution in [1.29, 1.82) is 0 Å². The van der Waals surface area contributed by atoms with Crippen molar-refractivity contribution < 1.29 is 19.4 Å². The number of benzene rings is 1. The summed E-state index contributed by atoms with van der Waals surface area (Å²) in [7, 11) is 3.03. The lowest BCUT2D eigenvalue weighted by atomic mass is 9.63. The third-order valence-corrected chi connectivity index (χ3v) is 4.26. The Labute approximate surface area is 117 Å². The molecular weight excluding hydrogens is 268 g/mol. The summed E-state index contributed by atoms with van der Waals surface area (Å²) in [6.45, 7) is 1.85. The first-order chi connectivity index (χ1) is 8.97. The molecule has 0 bridgehead atoms. The van der Waals surface area contributed by atoms with Crippen molar-refractivity contribution in [2.24, 2.45) is 0 Å². The Morgan fingerprint density at radius 2 is 2.00 bits per heavy atom. The molecule has 0 saturated heterocycles. The summed E-state index contributed by atoms with van der Waals surface area (Å²) in [6.07, 6.45) is 2.12. The molecule has 19 heavy (non-hydrogen) atoms. The van der Waals surface area contributed by atoms with Gasteiger partial charge in [0.2, 0.25) is 0 Å². The van der Waals surface area contributed by atoms with Crippen molar-refractivity contribution in [1.82, 2.24) is 0 Å². The highest BCUT2D eigenvalue weighted by molar-refractivity contribution is 6.33. The molecular formula is C14H17ClO4. The highest BCUT2D eigenvalue weighted by atomic mass is 35.5. The second-order valence-corrected chi connectivity index (χ2v) is 5.24. The van der Waals surface area contributed by atoms with Crippen LogP contribution in [0.3, 0.4) is 0 Å². The number of carboxylic acids is 1. The number of aryl methyl sites for hydroxylation is 1. The number of rotatable bonds is 4. The molecule has 1 aliphatic rings. The summed E-state index contributed by atoms with van der Waals surface area (Å²) in [6, 6.07) is 1.78. The zero-order valence-corrected chi connectivity index (χ0v) is 12.0. The first-order valence-corrected chi connectivity index (χ1v) is 6.50. The largest absolute Gasteiger partial charge is 0.493 e. The maximum Gasteiger partial charge on any atom is 0.314 e. The van der Waals surface area contributed by atoms with E-state index in [9.17, 15) is 9.90 Å². The highest BCUT2D eigenvalue weighted by Crippen LogP contribution is 2.52. The van der Waals surface area contributed by atoms with Gasteiger partial charge in [0.15, 0.2) is 11.5 Å². The molecule has 1 fully saturated rings. The normalized spacial score (nSPS) is 16.6. The van der Waals surface area contributed by atoms with E-state index in [4.69, 9.17) is 21.1 Å². The van der Waals surface area contributed by atoms with E-state index in [1.165, 1.54) is 14.2 Å². The van der Waals surface area contributed by atoms with Crippen LogP contribution in [-0.4, -0.2) is 25.3 Å². The summed E-state index contributed by atoms with van der Waals surface area (Å²) >= 11 is 6.37. The summed E-state index contributed by atoms with van der Waals surface area (Å²) in [5, 5.41) is 9.89. The molecule has 5 heteroatoms. The number of carboxylic acid groups (broad SMARTS) is 1. The molecule has 2 rings (SSSR count). The smallest absolute Gasteiger partial charge is 0.314 e. The van der Waals surface area contributed by atoms with E-state index < -0.39 is 11.4 Å². The van der Waals surface area contributed by atoms with Gasteiger partial charge in [-0.25, -0.2) is 0 Å². The summed E-state index contributed by atoms with van der Waals surface area (Å²) in [5.74, 6) is 0.0990. The van der Waals surface area contributed by atoms with Crippen LogP contribution in [0.25, 0.3) is 0 Å². The third kappa shape index (κ3) is 1.94. The average molecular weight is 285 g/mol. The summed E-state index contributed by atoms with van der Waals surface area (Å²) in [4.78, 5) is 11.6. The van der Waals surface area contributed by atoms with Crippen LogP contribution < -0.4 is 9.47 Å². The van der Waals surface area contributed by atoms with Crippen molar-refractivity contribution in [3.8, 4) is 11.5 Å². The predicted octanol–water partition coefficient (Wildman–Crippen LogP) is 3.17. The van der Waals surface area contributed by atoms with Crippen LogP contribution in [0.15, 0.2) is 6.07 Å². The van der Waals surface area contributed by atoms with Gasteiger partial charge in [-0.05, 0) is 37.0 Å². The monoisotopic (exact) mass is 284 g/mol. The Morgan fingerprint density at radius 3 is 2.37 bits per heavy atom. The van der Waals surface area contributed by atoms with Gasteiger partial charge in [-0.2, -0.15) is 0 Å². The Kier molecular flexibility index (Phi) is 3.63. The van der Waals surface area contributed by atoms with E-state index in [0.29, 0.717) is 34.9 Å². The topological polar surface area (TPSA) is 55.8 Å². The molecule has 0 spiro atoms. The van der Waals surface area contributed by atoms with Crippen molar-refractivity contribution in [3.05, 3.63) is 22.2 Å². The van der Waals surface area contributed by atoms with Crippen LogP contribution in [0.5, 0.6) is 11.5 Å². The van der Waals surface area contributed by atoms with Gasteiger partial charge in [-0.1, -0.05) is 18.0 Å². The minimum atomic E-state index is -0.874. The first-order valence-electron chi connectivity index (χ1n) is 6.13. The van der Waals surface area contributed by atoms with Crippen molar-refractivity contribution in [2.45, 2.75) is 31.6 Å². The summed E-state index contributed by atoms with van der Waals surface area (Å²) in [5.41, 5.74) is 0.607. The predicted molar refractivity (Wildman–Crippen MR) is 72.5 cm³/mol. The molecule has 0 aromatic heterocycles. The van der Waals surface area contributed by atoms with E-state index >= 15 is 0 Å². The Hall–Kier alpha value is -1.42. The van der Waals surface area contributed by atoms with E-state index in [0.717, 1.165) is 12.0 Å². The number of methoxy groups -OCH3 is 2. The quantitative estimate of drug-likeness (QED) is 0.923. The lowest BCUT2D eigenvalue weighted by Crippen LogP contribution is -2.43. The maximum absolute atomic E-state index is 11.6. The second-order valence-electron chi connectivity index (χ2n) is 4.86. The lowest BCUT2D eigenvalue weighted by molar-refractivity contribution is -0.147. The van der Waals surface area contributed by atoms with Gasteiger partial charge in [0.25, 0.3) is 0 Å². The van der Waals surface area contributed by atoms with Crippen molar-refractivity contribution in [2.75, 3.05) is 14.2 Å². The Balaban J connectivity index is 2.67. The zero-order valence-electron chi connectivity index (χ0n) is 11.2. The molecule has 104 valence electrons. The number of halogens is 1. The maximum atomic E-state index is 11.6. The van der Waals surface area contributed by atoms with Gasteiger partial charge in [-0.3, -0.25) is 4.79 Å². The van der Waals surface area contributed by atoms with Crippen molar-refractivity contribution in [3.63, 3.8) is 0 Å². The SMILES string of the molecule is COc1cc(C)c(C2(C(=O)O)CCC2)c(Cl)c1OC. The number of hydrogen-bond donors (Lipinski definition) is 1. The van der Waals surface area contributed by atoms with E-state index in [1.54, 1.807) is 6.07 Å². The van der Waals surface area contributed by atoms with E-state index in [1.807, 2.05) is 6.92 Å². The third-order valence-electron chi connectivity index (χ3n) is 3.90. The van der Waals surface area contributed by atoms with Gasteiger partial charge in [0.05, 0.1) is 24.7 Å². The molecule has 0 unspecified atom stereocenters. The minimum absolute atomic E-state index is 0.349. The Morgan fingerprint density at radius 1 is 1.37 bits per heavy atom. The van der Waals surface area contributed by atoms with E-state index in [2.05, 4.69) is 0 Å². The molecule has 0 aliphatic heterocycles. The van der Waals surface area contributed by atoms with E-state index in [-0.39, 0.29) is 0 Å². The van der Waals surface area contributed by atoms with Crippen LogP contribution >= 0.6 is 11.6 Å². The fourth-order valence-corrected chi connectivity index (χ4v) is 3.26. The Bertz CT molecular complexity index is 521. The van der Waals surface area contributed by atoms with Crippen LogP contribution in [0.1, 0.15) is 30.4 Å². The molecule has 4 nitrogen and oxygen atoms in total. The fourth-order valence-electron chi connectivity index (χ4n) is 2.76. The van der Waals surface area contributed by atoms with Crippen LogP contribution in [0.4, 0.5) is 0 Å². The number of ether oxygens (including phenoxy) is 2. The molecule has 1 N–H and O–H groups in total. The van der Waals surface area contributed by atoms with Crippen LogP contribution in [0, 0.1) is 6.92 Å². The fraction of sp³-hybridized carbons (Fsp3) is 0.500. The summed E-state index contributed by atoms with van der Waals surface area (Å²) < 4.78 is 10.5. The molecule has 0 radical (unpaired) electrons. The van der Waals surface area contributed by atoms with Crippen molar-refractivity contribution >= 4 is 17.6 Å². The first kappa shape index (κ1) is 14.0. The number of aliphatic carboxylic acids is 1. The molecule has 0 heterocycles. The number of hydrogen-bond acceptors (Lipinski definition) is 3. The van der Waals surface area contributed by atoms with Gasteiger partial charge in [-0.15, -0.1) is 0 Å². The average Bonchev–Trinajstić information content (AvgIpc) is 2.30. The molecule has 1 aliphatic carbocycles. The minimum Gasteiger partial charge on any atom is -0.493 e. The number of carbonyl (C=O) groups is 1. The molecule has 1 aromatic carbocycles. The molecule has 1 saturated carbocycles. The van der Waals surface area contributed by atoms with Gasteiger partial charge >= 0.3 is 5.97 Å². The molecule has 1 aromatic rings. The second kappa shape index (κ2) is 4.93. The van der Waals surface area contributed by atoms with Crippen LogP contribution in [-0.2, 0) is 10.2 Å². The van der Waals surface area contributed by atoms with Gasteiger partial charge in [0, 0.05) is 0 Å². The molecule has 0 atom stereocenters. The molecule has 0 amide bonds. The van der Waals surface area contributed by atoms with Crippen LogP contribution in [0.2, 0.25) is 5.02 Å². The van der Waals surface area contributed by atoms with Gasteiger partial charge < -0.3 is 14.6 Å². The highest BCUT2D eigenvalue weighted by Gasteiger charge is 2.48. The zero-order chi connectivity index (χ0) is 14.2.